The average molecular weight is 511 g/mol. The van der Waals surface area contributed by atoms with Crippen LogP contribution in [0.15, 0.2) is 90.0 Å². The molecule has 1 aromatic heterocycles. The number of hydrogen-bond acceptors (Lipinski definition) is 3. The molecule has 3 aromatic carbocycles. The summed E-state index contributed by atoms with van der Waals surface area (Å²) < 4.78 is 109. The second-order valence-electron chi connectivity index (χ2n) is 7.39. The maximum atomic E-state index is 13.2. The van der Waals surface area contributed by atoms with Gasteiger partial charge in [0.2, 0.25) is 0 Å². The first-order chi connectivity index (χ1) is 16.3. The van der Waals surface area contributed by atoms with E-state index in [1.165, 1.54) is 4.68 Å². The summed E-state index contributed by atoms with van der Waals surface area (Å²) in [5.74, 6) is 0. The van der Waals surface area contributed by atoms with E-state index >= 15 is 0 Å². The standard InChI is InChI=1S/C23H15F6N3O2S/c24-22(25,26)16-11-17(23(27,28)29)13-18(12-16)31-35(33,34)20-14-32(19-9-5-2-6-10-19)30-21(20)15-7-3-1-4-8-15/h1-14,31H. The molecule has 182 valence electrons. The van der Waals surface area contributed by atoms with Crippen LogP contribution in [0.25, 0.3) is 16.9 Å². The quantitative estimate of drug-likeness (QED) is 0.317. The van der Waals surface area contributed by atoms with Gasteiger partial charge in [0.05, 0.1) is 28.7 Å². The van der Waals surface area contributed by atoms with Crippen molar-refractivity contribution in [1.29, 1.82) is 0 Å². The largest absolute Gasteiger partial charge is 0.416 e. The lowest BCUT2D eigenvalue weighted by atomic mass is 10.1. The molecule has 0 bridgehead atoms. The average Bonchev–Trinajstić information content (AvgIpc) is 3.25. The molecule has 4 aromatic rings. The molecule has 0 unspecified atom stereocenters. The van der Waals surface area contributed by atoms with Crippen molar-refractivity contribution in [1.82, 2.24) is 9.78 Å². The zero-order chi connectivity index (χ0) is 25.4. The highest BCUT2D eigenvalue weighted by atomic mass is 32.2. The minimum atomic E-state index is -5.13. The number of sulfonamides is 1. The van der Waals surface area contributed by atoms with Crippen molar-refractivity contribution in [2.75, 3.05) is 4.72 Å². The first-order valence-corrected chi connectivity index (χ1v) is 11.4. The highest BCUT2D eigenvalue weighted by Gasteiger charge is 2.37. The van der Waals surface area contributed by atoms with Gasteiger partial charge < -0.3 is 0 Å². The van der Waals surface area contributed by atoms with Crippen LogP contribution in [0.2, 0.25) is 0 Å². The number of aromatic nitrogens is 2. The van der Waals surface area contributed by atoms with Crippen LogP contribution in [0.4, 0.5) is 32.0 Å². The number of para-hydroxylation sites is 1. The zero-order valence-electron chi connectivity index (χ0n) is 17.5. The van der Waals surface area contributed by atoms with E-state index in [1.807, 2.05) is 4.72 Å². The molecule has 1 heterocycles. The first-order valence-electron chi connectivity index (χ1n) is 9.87. The van der Waals surface area contributed by atoms with Crippen molar-refractivity contribution < 1.29 is 34.8 Å². The molecule has 0 aliphatic rings. The molecule has 0 aliphatic heterocycles. The van der Waals surface area contributed by atoms with E-state index in [1.54, 1.807) is 60.7 Å². The van der Waals surface area contributed by atoms with Gasteiger partial charge in [-0.3, -0.25) is 4.72 Å². The molecule has 5 nitrogen and oxygen atoms in total. The van der Waals surface area contributed by atoms with E-state index in [0.29, 0.717) is 23.4 Å². The van der Waals surface area contributed by atoms with Crippen LogP contribution < -0.4 is 4.72 Å². The van der Waals surface area contributed by atoms with Gasteiger partial charge in [0, 0.05) is 5.56 Å². The topological polar surface area (TPSA) is 64.0 Å². The number of anilines is 1. The van der Waals surface area contributed by atoms with Crippen LogP contribution >= 0.6 is 0 Å². The van der Waals surface area contributed by atoms with Gasteiger partial charge >= 0.3 is 12.4 Å². The zero-order valence-corrected chi connectivity index (χ0v) is 18.3. The Morgan fingerprint density at radius 2 is 1.26 bits per heavy atom. The van der Waals surface area contributed by atoms with Crippen LogP contribution in [0, 0.1) is 0 Å². The van der Waals surface area contributed by atoms with Gasteiger partial charge in [-0.1, -0.05) is 48.5 Å². The fourth-order valence-electron chi connectivity index (χ4n) is 3.29. The highest BCUT2D eigenvalue weighted by molar-refractivity contribution is 7.92. The van der Waals surface area contributed by atoms with Crippen molar-refractivity contribution >= 4 is 15.7 Å². The van der Waals surface area contributed by atoms with Gasteiger partial charge in [-0.2, -0.15) is 31.4 Å². The highest BCUT2D eigenvalue weighted by Crippen LogP contribution is 2.38. The molecular formula is C23H15F6N3O2S. The predicted octanol–water partition coefficient (Wildman–Crippen LogP) is 6.38. The maximum Gasteiger partial charge on any atom is 0.416 e. The third kappa shape index (κ3) is 5.32. The van der Waals surface area contributed by atoms with Crippen LogP contribution in [0.5, 0.6) is 0 Å². The Balaban J connectivity index is 1.84. The van der Waals surface area contributed by atoms with E-state index in [2.05, 4.69) is 5.10 Å². The van der Waals surface area contributed by atoms with Crippen molar-refractivity contribution in [2.45, 2.75) is 17.2 Å². The van der Waals surface area contributed by atoms with Crippen molar-refractivity contribution in [2.24, 2.45) is 0 Å². The smallest absolute Gasteiger partial charge is 0.279 e. The van der Waals surface area contributed by atoms with E-state index in [4.69, 9.17) is 0 Å². The Morgan fingerprint density at radius 3 is 1.77 bits per heavy atom. The minimum absolute atomic E-state index is 0.0371. The number of nitrogens with one attached hydrogen (secondary N) is 1. The van der Waals surface area contributed by atoms with Crippen LogP contribution in [0.3, 0.4) is 0 Å². The van der Waals surface area contributed by atoms with Gasteiger partial charge in [0.15, 0.2) is 0 Å². The van der Waals surface area contributed by atoms with Gasteiger partial charge in [0.25, 0.3) is 10.0 Å². The molecule has 0 spiro atoms. The van der Waals surface area contributed by atoms with Gasteiger partial charge in [-0.15, -0.1) is 0 Å². The van der Waals surface area contributed by atoms with Crippen molar-refractivity contribution in [3.8, 4) is 16.9 Å². The second-order valence-corrected chi connectivity index (χ2v) is 9.04. The third-order valence-electron chi connectivity index (χ3n) is 4.88. The van der Waals surface area contributed by atoms with Crippen LogP contribution in [-0.2, 0) is 22.4 Å². The van der Waals surface area contributed by atoms with E-state index < -0.39 is 44.1 Å². The molecule has 12 heteroatoms. The number of rotatable bonds is 5. The lowest BCUT2D eigenvalue weighted by Crippen LogP contribution is -2.16. The molecule has 0 amide bonds. The summed E-state index contributed by atoms with van der Waals surface area (Å²) in [7, 11) is -4.67. The lowest BCUT2D eigenvalue weighted by Gasteiger charge is -2.15. The van der Waals surface area contributed by atoms with Crippen LogP contribution in [-0.4, -0.2) is 18.2 Å². The molecule has 0 aliphatic carbocycles. The number of halogens is 6. The Bertz CT molecular complexity index is 1420. The van der Waals surface area contributed by atoms with E-state index in [-0.39, 0.29) is 11.8 Å². The van der Waals surface area contributed by atoms with E-state index in [9.17, 15) is 34.8 Å². The van der Waals surface area contributed by atoms with Crippen LogP contribution in [0.1, 0.15) is 11.1 Å². The molecule has 4 rings (SSSR count). The number of alkyl halides is 6. The Kier molecular flexibility index (Phi) is 6.09. The molecule has 0 radical (unpaired) electrons. The summed E-state index contributed by atoms with van der Waals surface area (Å²) in [6.07, 6.45) is -9.12. The summed E-state index contributed by atoms with van der Waals surface area (Å²) in [4.78, 5) is -0.432. The SMILES string of the molecule is O=S(=O)(Nc1cc(C(F)(F)F)cc(C(F)(F)F)c1)c1cn(-c2ccccc2)nc1-c1ccccc1. The third-order valence-corrected chi connectivity index (χ3v) is 6.26. The molecule has 0 saturated carbocycles. The first kappa shape index (κ1) is 24.3. The number of benzene rings is 3. The molecule has 0 fully saturated rings. The molecule has 1 N–H and O–H groups in total. The predicted molar refractivity (Wildman–Crippen MR) is 116 cm³/mol. The Morgan fingerprint density at radius 1 is 0.743 bits per heavy atom. The number of nitrogens with zero attached hydrogens (tertiary/aromatic N) is 2. The maximum absolute atomic E-state index is 13.2. The summed E-state index contributed by atoms with van der Waals surface area (Å²) in [5, 5.41) is 4.31. The molecular weight excluding hydrogens is 496 g/mol. The summed E-state index contributed by atoms with van der Waals surface area (Å²) in [5.41, 5.74) is -3.35. The summed E-state index contributed by atoms with van der Waals surface area (Å²) in [6, 6.07) is 17.0. The normalized spacial score (nSPS) is 12.5. The number of hydrogen-bond donors (Lipinski definition) is 1. The van der Waals surface area contributed by atoms with Gasteiger partial charge in [-0.25, -0.2) is 13.1 Å². The Labute approximate surface area is 195 Å². The Hall–Kier alpha value is -3.80. The van der Waals surface area contributed by atoms with Gasteiger partial charge in [-0.05, 0) is 30.3 Å². The van der Waals surface area contributed by atoms with Gasteiger partial charge in [0.1, 0.15) is 10.6 Å². The minimum Gasteiger partial charge on any atom is -0.279 e. The van der Waals surface area contributed by atoms with E-state index in [0.717, 1.165) is 6.20 Å². The monoisotopic (exact) mass is 511 g/mol. The van der Waals surface area contributed by atoms with Crippen molar-refractivity contribution in [3.05, 3.63) is 96.2 Å². The molecule has 0 atom stereocenters. The molecule has 35 heavy (non-hydrogen) atoms. The fraction of sp³-hybridized carbons (Fsp3) is 0.0870. The fourth-order valence-corrected chi connectivity index (χ4v) is 4.48. The second kappa shape index (κ2) is 8.77. The van der Waals surface area contributed by atoms with Crippen molar-refractivity contribution in [3.63, 3.8) is 0 Å². The lowest BCUT2D eigenvalue weighted by molar-refractivity contribution is -0.143. The summed E-state index contributed by atoms with van der Waals surface area (Å²) in [6.45, 7) is 0. The summed E-state index contributed by atoms with van der Waals surface area (Å²) >= 11 is 0. The molecule has 0 saturated heterocycles.